The number of carbonyl (C=O) groups excluding carboxylic acids is 2. The van der Waals surface area contributed by atoms with Crippen molar-refractivity contribution < 1.29 is 19.2 Å². The number of carbonyl (C=O) groups is 2. The average molecular weight is 276 g/mol. The van der Waals surface area contributed by atoms with Crippen LogP contribution in [0.5, 0.6) is 0 Å². The maximum atomic E-state index is 11.4. The standard InChI is InChI=1S/C9H17NO2.C3H9NO.CH2O/c1-9(2,3)12-8(11)10-6-4-5-7-10;1-4(2)5-3;1-2/h4-7H2,1-3H3;1-3H3;1H2. The second-order valence-electron chi connectivity index (χ2n) is 5.17. The van der Waals surface area contributed by atoms with Gasteiger partial charge in [0.15, 0.2) is 0 Å². The van der Waals surface area contributed by atoms with Gasteiger partial charge in [0.25, 0.3) is 0 Å². The summed E-state index contributed by atoms with van der Waals surface area (Å²) in [5, 5.41) is 1.62. The molecule has 1 fully saturated rings. The Bertz CT molecular complexity index is 233. The first-order valence-corrected chi connectivity index (χ1v) is 6.24. The summed E-state index contributed by atoms with van der Waals surface area (Å²) in [7, 11) is 5.29. The molecule has 0 bridgehead atoms. The highest BCUT2D eigenvalue weighted by Crippen LogP contribution is 2.14. The molecule has 0 saturated carbocycles. The van der Waals surface area contributed by atoms with Crippen molar-refractivity contribution in [3.8, 4) is 0 Å². The molecule has 0 radical (unpaired) electrons. The second-order valence-corrected chi connectivity index (χ2v) is 5.17. The minimum Gasteiger partial charge on any atom is -0.444 e. The number of ether oxygens (including phenoxy) is 1. The van der Waals surface area contributed by atoms with Gasteiger partial charge in [-0.15, -0.1) is 0 Å². The van der Waals surface area contributed by atoms with Crippen LogP contribution in [0.3, 0.4) is 0 Å². The van der Waals surface area contributed by atoms with Crippen LogP contribution in [-0.4, -0.2) is 62.7 Å². The predicted octanol–water partition coefficient (Wildman–Crippen LogP) is 1.94. The lowest BCUT2D eigenvalue weighted by Crippen LogP contribution is -2.34. The molecule has 6 nitrogen and oxygen atoms in total. The molecule has 6 heteroatoms. The number of amides is 1. The topological polar surface area (TPSA) is 59.1 Å². The number of nitrogens with zero attached hydrogens (tertiary/aromatic N) is 2. The summed E-state index contributed by atoms with van der Waals surface area (Å²) in [6.45, 7) is 9.38. The van der Waals surface area contributed by atoms with E-state index in [1.807, 2.05) is 41.7 Å². The van der Waals surface area contributed by atoms with Gasteiger partial charge in [0.2, 0.25) is 0 Å². The third kappa shape index (κ3) is 13.1. The quantitative estimate of drug-likeness (QED) is 0.685. The summed E-state index contributed by atoms with van der Waals surface area (Å²) in [6.07, 6.45) is 2.05. The van der Waals surface area contributed by atoms with E-state index in [4.69, 9.17) is 9.53 Å². The Morgan fingerprint density at radius 1 is 1.16 bits per heavy atom. The van der Waals surface area contributed by atoms with Crippen molar-refractivity contribution >= 4 is 12.9 Å². The molecule has 0 unspecified atom stereocenters. The van der Waals surface area contributed by atoms with Gasteiger partial charge in [-0.25, -0.2) is 4.79 Å². The zero-order chi connectivity index (χ0) is 15.5. The molecule has 0 aromatic carbocycles. The van der Waals surface area contributed by atoms with E-state index in [-0.39, 0.29) is 11.7 Å². The van der Waals surface area contributed by atoms with Crippen molar-refractivity contribution in [1.29, 1.82) is 0 Å². The number of rotatable bonds is 1. The highest BCUT2D eigenvalue weighted by Gasteiger charge is 2.23. The molecule has 19 heavy (non-hydrogen) atoms. The van der Waals surface area contributed by atoms with Crippen LogP contribution in [0.2, 0.25) is 0 Å². The maximum absolute atomic E-state index is 11.4. The van der Waals surface area contributed by atoms with Gasteiger partial charge < -0.3 is 19.3 Å². The largest absolute Gasteiger partial charge is 0.444 e. The summed E-state index contributed by atoms with van der Waals surface area (Å²) in [6, 6.07) is 0. The summed E-state index contributed by atoms with van der Waals surface area (Å²) in [5.41, 5.74) is -0.361. The van der Waals surface area contributed by atoms with Gasteiger partial charge in [-0.1, -0.05) is 0 Å². The third-order valence-corrected chi connectivity index (χ3v) is 2.12. The lowest BCUT2D eigenvalue weighted by molar-refractivity contribution is -0.0980. The van der Waals surface area contributed by atoms with E-state index >= 15 is 0 Å². The summed E-state index contributed by atoms with van der Waals surface area (Å²) in [5.74, 6) is 0. The zero-order valence-corrected chi connectivity index (χ0v) is 13.1. The van der Waals surface area contributed by atoms with Crippen LogP contribution >= 0.6 is 0 Å². The predicted molar refractivity (Wildman–Crippen MR) is 74.9 cm³/mol. The smallest absolute Gasteiger partial charge is 0.410 e. The number of hydroxylamine groups is 2. The van der Waals surface area contributed by atoms with E-state index in [1.165, 1.54) is 0 Å². The molecule has 0 aromatic heterocycles. The lowest BCUT2D eigenvalue weighted by Gasteiger charge is -2.23. The lowest BCUT2D eigenvalue weighted by atomic mass is 10.2. The van der Waals surface area contributed by atoms with E-state index in [9.17, 15) is 4.79 Å². The molecule has 0 aromatic rings. The molecule has 0 N–H and O–H groups in total. The van der Waals surface area contributed by atoms with E-state index in [2.05, 4.69) is 4.84 Å². The maximum Gasteiger partial charge on any atom is 0.410 e. The average Bonchev–Trinajstić information content (AvgIpc) is 2.84. The van der Waals surface area contributed by atoms with E-state index in [0.717, 1.165) is 25.9 Å². The zero-order valence-electron chi connectivity index (χ0n) is 13.1. The molecule has 0 spiro atoms. The Kier molecular flexibility index (Phi) is 11.4. The van der Waals surface area contributed by atoms with Gasteiger partial charge in [0, 0.05) is 27.2 Å². The van der Waals surface area contributed by atoms with Gasteiger partial charge in [-0.05, 0) is 33.6 Å². The van der Waals surface area contributed by atoms with Crippen molar-refractivity contribution in [2.24, 2.45) is 0 Å². The molecular weight excluding hydrogens is 248 g/mol. The van der Waals surface area contributed by atoms with Crippen LogP contribution in [0.1, 0.15) is 33.6 Å². The van der Waals surface area contributed by atoms with Crippen LogP contribution in [-0.2, 0) is 14.4 Å². The first-order valence-electron chi connectivity index (χ1n) is 6.24. The summed E-state index contributed by atoms with van der Waals surface area (Å²) >= 11 is 0. The van der Waals surface area contributed by atoms with Gasteiger partial charge in [0.05, 0.1) is 7.11 Å². The Labute approximate surface area is 116 Å². The Balaban J connectivity index is 0. The van der Waals surface area contributed by atoms with Crippen LogP contribution < -0.4 is 0 Å². The van der Waals surface area contributed by atoms with Gasteiger partial charge in [-0.2, -0.15) is 5.06 Å². The normalized spacial score (nSPS) is 14.2. The van der Waals surface area contributed by atoms with Crippen LogP contribution in [0.4, 0.5) is 4.79 Å². The van der Waals surface area contributed by atoms with Crippen molar-refractivity contribution in [3.63, 3.8) is 0 Å². The molecule has 114 valence electrons. The molecule has 1 amide bonds. The van der Waals surface area contributed by atoms with Crippen molar-refractivity contribution in [3.05, 3.63) is 0 Å². The molecule has 1 rings (SSSR count). The van der Waals surface area contributed by atoms with Gasteiger partial charge in [-0.3, -0.25) is 0 Å². The Hall–Kier alpha value is -1.14. The highest BCUT2D eigenvalue weighted by atomic mass is 16.7. The molecule has 1 saturated heterocycles. The first-order chi connectivity index (χ1) is 8.76. The molecule has 0 aliphatic carbocycles. The second kappa shape index (κ2) is 10.8. The SMILES string of the molecule is C=O.CC(C)(C)OC(=O)N1CCCC1.CON(C)C. The highest BCUT2D eigenvalue weighted by molar-refractivity contribution is 5.68. The monoisotopic (exact) mass is 276 g/mol. The van der Waals surface area contributed by atoms with Crippen molar-refractivity contribution in [1.82, 2.24) is 9.96 Å². The summed E-state index contributed by atoms with van der Waals surface area (Å²) in [4.78, 5) is 25.7. The minimum atomic E-state index is -0.361. The van der Waals surface area contributed by atoms with Gasteiger partial charge >= 0.3 is 6.09 Å². The van der Waals surface area contributed by atoms with E-state index in [1.54, 1.807) is 17.1 Å². The third-order valence-electron chi connectivity index (χ3n) is 2.12. The molecule has 1 heterocycles. The number of hydrogen-bond donors (Lipinski definition) is 0. The first kappa shape index (κ1) is 20.2. The van der Waals surface area contributed by atoms with E-state index < -0.39 is 0 Å². The Morgan fingerprint density at radius 3 is 1.79 bits per heavy atom. The fourth-order valence-corrected chi connectivity index (χ4v) is 1.23. The van der Waals surface area contributed by atoms with Crippen molar-refractivity contribution in [2.75, 3.05) is 34.3 Å². The van der Waals surface area contributed by atoms with Gasteiger partial charge in [0.1, 0.15) is 12.4 Å². The molecule has 1 aliphatic heterocycles. The molecule has 0 atom stereocenters. The number of hydrogen-bond acceptors (Lipinski definition) is 5. The minimum absolute atomic E-state index is 0.167. The fraction of sp³-hybridized carbons (Fsp3) is 0.846. The fourth-order valence-electron chi connectivity index (χ4n) is 1.23. The van der Waals surface area contributed by atoms with Crippen molar-refractivity contribution in [2.45, 2.75) is 39.2 Å². The van der Waals surface area contributed by atoms with E-state index in [0.29, 0.717) is 0 Å². The van der Waals surface area contributed by atoms with Crippen LogP contribution in [0.15, 0.2) is 0 Å². The molecular formula is C13H28N2O4. The van der Waals surface area contributed by atoms with Crippen LogP contribution in [0.25, 0.3) is 0 Å². The number of likely N-dealkylation sites (tertiary alicyclic amines) is 1. The Morgan fingerprint density at radius 2 is 1.53 bits per heavy atom. The molecule has 1 aliphatic rings. The summed E-state index contributed by atoms with van der Waals surface area (Å²) < 4.78 is 5.21. The van der Waals surface area contributed by atoms with Crippen LogP contribution in [0, 0.1) is 0 Å².